The number of imidazole rings is 3. The molecule has 6 aromatic rings. The third-order valence-corrected chi connectivity index (χ3v) is 12.9. The number of phosphoric acid groups is 1. The van der Waals surface area contributed by atoms with Gasteiger partial charge in [0, 0.05) is 0 Å². The van der Waals surface area contributed by atoms with Crippen LogP contribution in [0.15, 0.2) is 38.0 Å². The Labute approximate surface area is 356 Å². The number of rotatable bonds is 14. The second kappa shape index (κ2) is 16.7. The Balaban J connectivity index is 0.913. The van der Waals surface area contributed by atoms with Crippen molar-refractivity contribution in [2.24, 2.45) is 0 Å². The normalized spacial score (nSPS) is 31.9. The highest BCUT2D eigenvalue weighted by molar-refractivity contribution is 8.06. The van der Waals surface area contributed by atoms with Crippen molar-refractivity contribution in [3.8, 4) is 0 Å². The minimum absolute atomic E-state index is 0.00136. The summed E-state index contributed by atoms with van der Waals surface area (Å²) in [5.74, 6) is 0.0213. The molecule has 14 atom stereocenters. The Morgan fingerprint density at radius 2 is 1.02 bits per heavy atom. The first-order chi connectivity index (χ1) is 30.1. The highest BCUT2D eigenvalue weighted by atomic mass is 32.5. The number of ether oxygens (including phenoxy) is 3. The number of hydrogen-bond acceptors (Lipinski definition) is 28. The quantitative estimate of drug-likeness (QED) is 0.0475. The number of aromatic nitrogens is 12. The first-order valence-corrected chi connectivity index (χ1v) is 22.4. The van der Waals surface area contributed by atoms with E-state index < -0.39 is 108 Å². The number of phosphoric ester groups is 1. The molecule has 0 aromatic carbocycles. The summed E-state index contributed by atoms with van der Waals surface area (Å²) in [6.45, 7) is -7.14. The molecule has 9 heterocycles. The number of nitrogens with zero attached hydrogens (tertiary/aromatic N) is 12. The molecule has 2 unspecified atom stereocenters. The average molecular weight is 940 g/mol. The van der Waals surface area contributed by atoms with Gasteiger partial charge in [0.15, 0.2) is 53.1 Å². The van der Waals surface area contributed by atoms with Gasteiger partial charge in [-0.1, -0.05) is 11.8 Å². The second-order valence-electron chi connectivity index (χ2n) is 14.2. The summed E-state index contributed by atoms with van der Waals surface area (Å²) in [4.78, 5) is 63.6. The largest absolute Gasteiger partial charge is 0.780 e. The summed E-state index contributed by atoms with van der Waals surface area (Å²) in [6.07, 6.45) is -11.7. The first-order valence-electron chi connectivity index (χ1n) is 18.4. The van der Waals surface area contributed by atoms with Crippen LogP contribution in [0.2, 0.25) is 0 Å². The molecule has 6 aromatic heterocycles. The number of nitrogens with two attached hydrogens (primary N) is 3. The third kappa shape index (κ3) is 7.99. The molecule has 0 bridgehead atoms. The number of hydrogen-bond donors (Lipinski definition) is 8. The summed E-state index contributed by atoms with van der Waals surface area (Å²) in [6, 6.07) is 0. The number of nitrogen functional groups attached to an aromatic ring is 3. The van der Waals surface area contributed by atoms with Gasteiger partial charge < -0.3 is 84.8 Å². The predicted molar refractivity (Wildman–Crippen MR) is 206 cm³/mol. The Morgan fingerprint density at radius 3 is 1.52 bits per heavy atom. The highest BCUT2D eigenvalue weighted by Gasteiger charge is 2.51. The van der Waals surface area contributed by atoms with Gasteiger partial charge in [-0.05, 0) is 0 Å². The molecule has 33 heteroatoms. The molecule has 3 aliphatic rings. The lowest BCUT2D eigenvalue weighted by atomic mass is 10.1. The predicted octanol–water partition coefficient (Wildman–Crippen LogP) is -4.76. The van der Waals surface area contributed by atoms with Crippen LogP contribution in [0.3, 0.4) is 0 Å². The van der Waals surface area contributed by atoms with Crippen LogP contribution < -0.4 is 27.0 Å². The van der Waals surface area contributed by atoms with Gasteiger partial charge in [-0.3, -0.25) is 18.3 Å². The molecule has 0 amide bonds. The lowest BCUT2D eigenvalue weighted by molar-refractivity contribution is -0.237. The van der Waals surface area contributed by atoms with Crippen LogP contribution >= 0.6 is 14.5 Å². The van der Waals surface area contributed by atoms with Crippen LogP contribution in [-0.4, -0.2) is 159 Å². The van der Waals surface area contributed by atoms with E-state index in [1.165, 1.54) is 39.0 Å². The maximum Gasteiger partial charge on any atom is 0.268 e. The first kappa shape index (κ1) is 43.6. The molecular weight excluding hydrogens is 904 g/mol. The average Bonchev–Trinajstić information content (AvgIpc) is 4.11. The Kier molecular flexibility index (Phi) is 11.6. The summed E-state index contributed by atoms with van der Waals surface area (Å²) in [7, 11) is -5.49. The monoisotopic (exact) mass is 939 g/mol. The molecular formula is C30H35N15O15P2S-2. The second-order valence-corrected chi connectivity index (χ2v) is 18.3. The van der Waals surface area contributed by atoms with E-state index >= 15 is 0 Å². The van der Waals surface area contributed by atoms with E-state index in [0.717, 1.165) is 12.7 Å². The molecule has 0 aliphatic carbocycles. The number of fused-ring (bicyclic) bond motifs is 3. The molecule has 3 saturated heterocycles. The Bertz CT molecular complexity index is 2750. The minimum Gasteiger partial charge on any atom is -0.780 e. The Hall–Kier alpha value is -4.63. The van der Waals surface area contributed by atoms with Crippen molar-refractivity contribution in [2.45, 2.75) is 73.6 Å². The van der Waals surface area contributed by atoms with Gasteiger partial charge in [-0.2, -0.15) is 0 Å². The number of anilines is 3. The van der Waals surface area contributed by atoms with Gasteiger partial charge in [0.05, 0.1) is 38.8 Å². The summed E-state index contributed by atoms with van der Waals surface area (Å²) in [5, 5.41) is 54.1. The van der Waals surface area contributed by atoms with Crippen molar-refractivity contribution in [1.82, 2.24) is 58.6 Å². The zero-order valence-electron chi connectivity index (χ0n) is 31.7. The van der Waals surface area contributed by atoms with Crippen molar-refractivity contribution in [2.75, 3.05) is 37.0 Å². The SMILES string of the molecule is Nc1ncnc2c1ncn2[C@@H]1O[C@H](COP([O-])(=S)O[C@@H]2[C@H](O)[C@@H](COP(=O)([O-])O[C@@H]3[C@H](O)[C@@H](CO)O[C@H]3n3cnc4c(N)ncnc43)O[C@H]2n2cnc3c(N)ncnc32)[C@@H](O)[C@H]1O. The molecule has 63 heavy (non-hydrogen) atoms. The molecule has 3 fully saturated rings. The maximum atomic E-state index is 13.8. The van der Waals surface area contributed by atoms with Crippen LogP contribution in [0, 0.1) is 0 Å². The van der Waals surface area contributed by atoms with E-state index in [1.807, 2.05) is 0 Å². The lowest BCUT2D eigenvalue weighted by Gasteiger charge is -2.34. The van der Waals surface area contributed by atoms with E-state index in [-0.39, 0.29) is 50.9 Å². The molecule has 3 aliphatic heterocycles. The van der Waals surface area contributed by atoms with Crippen LogP contribution in [0.1, 0.15) is 18.7 Å². The third-order valence-electron chi connectivity index (χ3n) is 10.4. The maximum absolute atomic E-state index is 13.8. The van der Waals surface area contributed by atoms with Crippen molar-refractivity contribution < 1.29 is 72.2 Å². The van der Waals surface area contributed by atoms with Crippen molar-refractivity contribution in [3.05, 3.63) is 38.0 Å². The molecule has 0 saturated carbocycles. The van der Waals surface area contributed by atoms with Gasteiger partial charge in [-0.15, -0.1) is 0 Å². The smallest absolute Gasteiger partial charge is 0.268 e. The van der Waals surface area contributed by atoms with Crippen LogP contribution in [-0.2, 0) is 48.7 Å². The summed E-state index contributed by atoms with van der Waals surface area (Å²) < 4.78 is 56.3. The van der Waals surface area contributed by atoms with Crippen LogP contribution in [0.25, 0.3) is 33.5 Å². The topological polar surface area (TPSA) is 438 Å². The van der Waals surface area contributed by atoms with Gasteiger partial charge in [0.25, 0.3) is 7.82 Å². The molecule has 9 rings (SSSR count). The molecule has 0 spiro atoms. The van der Waals surface area contributed by atoms with E-state index in [2.05, 4.69) is 44.9 Å². The Morgan fingerprint density at radius 1 is 0.603 bits per heavy atom. The minimum atomic E-state index is -5.49. The zero-order valence-corrected chi connectivity index (χ0v) is 34.3. The van der Waals surface area contributed by atoms with E-state index in [9.17, 15) is 39.9 Å². The fourth-order valence-corrected chi connectivity index (χ4v) is 9.67. The zero-order chi connectivity index (χ0) is 44.5. The molecule has 338 valence electrons. The molecule has 30 nitrogen and oxygen atoms in total. The van der Waals surface area contributed by atoms with E-state index in [0.29, 0.717) is 0 Å². The highest BCUT2D eigenvalue weighted by Crippen LogP contribution is 2.50. The fraction of sp³-hybridized carbons (Fsp3) is 0.500. The van der Waals surface area contributed by atoms with E-state index in [4.69, 9.17) is 61.3 Å². The van der Waals surface area contributed by atoms with Crippen LogP contribution in [0.4, 0.5) is 17.5 Å². The van der Waals surface area contributed by atoms with Crippen LogP contribution in [0.5, 0.6) is 0 Å². The fourth-order valence-electron chi connectivity index (χ4n) is 7.35. The van der Waals surface area contributed by atoms with Gasteiger partial charge in [0.1, 0.15) is 97.2 Å². The van der Waals surface area contributed by atoms with Crippen molar-refractivity contribution >= 4 is 77.3 Å². The van der Waals surface area contributed by atoms with Crippen molar-refractivity contribution in [3.63, 3.8) is 0 Å². The summed E-state index contributed by atoms with van der Waals surface area (Å²) in [5.41, 5.74) is 18.5. The number of aliphatic hydroxyl groups is 5. The summed E-state index contributed by atoms with van der Waals surface area (Å²) >= 11 is 5.18. The lowest BCUT2D eigenvalue weighted by Crippen LogP contribution is -2.38. The number of aliphatic hydroxyl groups excluding tert-OH is 5. The standard InChI is InChI=1S/C30H37N15O15P2S/c31-22-13-25(37-4-34-22)43(7-40-13)28-19(50)16(47)11(57-28)3-55-62(53,63)60-21-18(49)12(58-30(21)45-9-42-15-24(33)36-6-39-27(15)45)2-54-61(51,52)59-20-17(48)10(1-46)56-29(20)44-8-41-14-23(32)35-5-38-26(14)44/h4-12,16-21,28-30,46-50H,1-3H2,(H,51,52)(H,53,63)(H2,31,34,37)(H2,32,35,38)(H2,33,36,39)/p-2/t10-,11-,12-,16-,17-,18-,19-,20-,21-,28-,29-,30-,62?/m1/s1. The van der Waals surface area contributed by atoms with Gasteiger partial charge >= 0.3 is 0 Å². The molecule has 11 N–H and O–H groups in total. The van der Waals surface area contributed by atoms with E-state index in [1.54, 1.807) is 0 Å². The van der Waals surface area contributed by atoms with Gasteiger partial charge in [0.2, 0.25) is 0 Å². The van der Waals surface area contributed by atoms with Crippen molar-refractivity contribution in [1.29, 1.82) is 0 Å². The molecule has 0 radical (unpaired) electrons. The van der Waals surface area contributed by atoms with Gasteiger partial charge in [-0.25, -0.2) is 44.9 Å².